The highest BCUT2D eigenvalue weighted by molar-refractivity contribution is 5.78. The Bertz CT molecular complexity index is 1030. The second-order valence-corrected chi connectivity index (χ2v) is 6.81. The molecule has 0 bridgehead atoms. The molecule has 3 aromatic rings. The van der Waals surface area contributed by atoms with Crippen LogP contribution in [0.3, 0.4) is 0 Å². The molecule has 0 saturated heterocycles. The van der Waals surface area contributed by atoms with Gasteiger partial charge in [0, 0.05) is 26.9 Å². The van der Waals surface area contributed by atoms with E-state index in [1.54, 1.807) is 31.0 Å². The van der Waals surface area contributed by atoms with Crippen molar-refractivity contribution in [1.82, 2.24) is 15.0 Å². The van der Waals surface area contributed by atoms with E-state index in [9.17, 15) is 4.79 Å². The zero-order chi connectivity index (χ0) is 20.8. The van der Waals surface area contributed by atoms with Gasteiger partial charge >= 0.3 is 0 Å². The van der Waals surface area contributed by atoms with E-state index in [2.05, 4.69) is 16.2 Å². The smallest absolute Gasteiger partial charge is 0.226 e. The fourth-order valence-electron chi connectivity index (χ4n) is 2.78. The summed E-state index contributed by atoms with van der Waals surface area (Å²) in [5, 5.41) is 12.8. The van der Waals surface area contributed by atoms with E-state index in [0.717, 1.165) is 11.1 Å². The molecule has 0 saturated carbocycles. The van der Waals surface area contributed by atoms with Gasteiger partial charge in [0.15, 0.2) is 5.82 Å². The maximum atomic E-state index is 12.4. The number of hydrogen-bond donors (Lipinski definition) is 0. The van der Waals surface area contributed by atoms with Crippen LogP contribution in [0.1, 0.15) is 28.4 Å². The molecule has 1 heterocycles. The summed E-state index contributed by atoms with van der Waals surface area (Å²) in [5.41, 5.74) is 2.40. The molecule has 0 atom stereocenters. The molecule has 2 aromatic carbocycles. The molecule has 7 nitrogen and oxygen atoms in total. The van der Waals surface area contributed by atoms with Crippen molar-refractivity contribution in [2.24, 2.45) is 0 Å². The minimum Gasteiger partial charge on any atom is -0.457 e. The highest BCUT2D eigenvalue weighted by Gasteiger charge is 2.12. The molecule has 0 aliphatic heterocycles. The quantitative estimate of drug-likeness (QED) is 0.612. The Morgan fingerprint density at radius 1 is 1.17 bits per heavy atom. The highest BCUT2D eigenvalue weighted by Crippen LogP contribution is 2.24. The Labute approximate surface area is 169 Å². The van der Waals surface area contributed by atoms with E-state index >= 15 is 0 Å². The third-order valence-corrected chi connectivity index (χ3v) is 4.50. The molecule has 7 heteroatoms. The van der Waals surface area contributed by atoms with Crippen molar-refractivity contribution < 1.29 is 14.1 Å². The number of rotatable bonds is 7. The number of carbonyl (C=O) groups is 1. The minimum atomic E-state index is 0.0154. The summed E-state index contributed by atoms with van der Waals surface area (Å²) in [6.07, 6.45) is 0.856. The lowest BCUT2D eigenvalue weighted by Gasteiger charge is -2.16. The van der Waals surface area contributed by atoms with Crippen LogP contribution < -0.4 is 4.74 Å². The molecule has 0 aliphatic carbocycles. The van der Waals surface area contributed by atoms with Crippen LogP contribution in [0.15, 0.2) is 47.0 Å². The van der Waals surface area contributed by atoms with Crippen LogP contribution in [0, 0.1) is 25.2 Å². The van der Waals surface area contributed by atoms with Crippen molar-refractivity contribution in [3.05, 3.63) is 70.9 Å². The Morgan fingerprint density at radius 2 is 1.90 bits per heavy atom. The third kappa shape index (κ3) is 5.42. The van der Waals surface area contributed by atoms with Gasteiger partial charge in [-0.2, -0.15) is 10.2 Å². The van der Waals surface area contributed by atoms with Gasteiger partial charge in [-0.1, -0.05) is 17.3 Å². The molecule has 0 radical (unpaired) electrons. The van der Waals surface area contributed by atoms with Crippen molar-refractivity contribution in [2.75, 3.05) is 13.6 Å². The minimum absolute atomic E-state index is 0.0154. The van der Waals surface area contributed by atoms with Crippen LogP contribution in [0.2, 0.25) is 0 Å². The Morgan fingerprint density at radius 3 is 2.52 bits per heavy atom. The standard InChI is InChI=1S/C22H22N4O3/c1-15-12-20(9-6-18(15)14-23)28-19-7-4-17(5-8-19)13-22(27)26(3)11-10-21-24-16(2)29-25-21/h4-9,12H,10-11,13H2,1-3H3. The zero-order valence-electron chi connectivity index (χ0n) is 16.7. The van der Waals surface area contributed by atoms with E-state index in [1.165, 1.54) is 0 Å². The number of likely N-dealkylation sites (N-methyl/N-ethyl adjacent to an activating group) is 1. The number of benzene rings is 2. The molecule has 0 aliphatic rings. The van der Waals surface area contributed by atoms with Crippen molar-refractivity contribution in [3.63, 3.8) is 0 Å². The highest BCUT2D eigenvalue weighted by atomic mass is 16.5. The van der Waals surface area contributed by atoms with Crippen LogP contribution in [-0.2, 0) is 17.6 Å². The summed E-state index contributed by atoms with van der Waals surface area (Å²) in [6.45, 7) is 4.13. The van der Waals surface area contributed by atoms with E-state index in [-0.39, 0.29) is 5.91 Å². The van der Waals surface area contributed by atoms with Gasteiger partial charge in [0.05, 0.1) is 18.1 Å². The van der Waals surface area contributed by atoms with Gasteiger partial charge in [0.2, 0.25) is 11.8 Å². The summed E-state index contributed by atoms with van der Waals surface area (Å²) in [4.78, 5) is 18.2. The average molecular weight is 390 g/mol. The van der Waals surface area contributed by atoms with Gasteiger partial charge in [0.25, 0.3) is 0 Å². The first-order chi connectivity index (χ1) is 13.9. The number of aromatic nitrogens is 2. The molecule has 1 amide bonds. The van der Waals surface area contributed by atoms with Gasteiger partial charge in [-0.15, -0.1) is 0 Å². The molecule has 3 rings (SSSR count). The van der Waals surface area contributed by atoms with Crippen LogP contribution in [-0.4, -0.2) is 34.5 Å². The van der Waals surface area contributed by atoms with Gasteiger partial charge in [-0.25, -0.2) is 0 Å². The Balaban J connectivity index is 1.53. The number of nitriles is 1. The summed E-state index contributed by atoms with van der Waals surface area (Å²) < 4.78 is 10.8. The molecule has 0 fully saturated rings. The number of nitrogens with zero attached hydrogens (tertiary/aromatic N) is 4. The predicted octanol–water partition coefficient (Wildman–Crippen LogP) is 3.59. The molecule has 0 N–H and O–H groups in total. The summed E-state index contributed by atoms with van der Waals surface area (Å²) in [7, 11) is 1.76. The molecule has 29 heavy (non-hydrogen) atoms. The molecule has 1 aromatic heterocycles. The van der Waals surface area contributed by atoms with E-state index in [0.29, 0.717) is 48.2 Å². The summed E-state index contributed by atoms with van der Waals surface area (Å²) >= 11 is 0. The first-order valence-electron chi connectivity index (χ1n) is 9.25. The van der Waals surface area contributed by atoms with Crippen molar-refractivity contribution in [2.45, 2.75) is 26.7 Å². The third-order valence-electron chi connectivity index (χ3n) is 4.50. The largest absolute Gasteiger partial charge is 0.457 e. The summed E-state index contributed by atoms with van der Waals surface area (Å²) in [6, 6.07) is 14.9. The lowest BCUT2D eigenvalue weighted by Crippen LogP contribution is -2.30. The first-order valence-corrected chi connectivity index (χ1v) is 9.25. The predicted molar refractivity (Wildman–Crippen MR) is 106 cm³/mol. The van der Waals surface area contributed by atoms with Gasteiger partial charge in [-0.05, 0) is 48.4 Å². The maximum Gasteiger partial charge on any atom is 0.226 e. The lowest BCUT2D eigenvalue weighted by atomic mass is 10.1. The second kappa shape index (κ2) is 9.02. The normalized spacial score (nSPS) is 10.4. The fraction of sp³-hybridized carbons (Fsp3) is 0.273. The molecular formula is C22H22N4O3. The second-order valence-electron chi connectivity index (χ2n) is 6.81. The number of ether oxygens (including phenoxy) is 1. The number of amides is 1. The number of aryl methyl sites for hydroxylation is 2. The molecule has 0 unspecified atom stereocenters. The maximum absolute atomic E-state index is 12.4. The van der Waals surface area contributed by atoms with E-state index in [1.807, 2.05) is 37.3 Å². The first kappa shape index (κ1) is 20.1. The number of hydrogen-bond acceptors (Lipinski definition) is 6. The zero-order valence-corrected chi connectivity index (χ0v) is 16.7. The Kier molecular flexibility index (Phi) is 6.25. The molecule has 0 spiro atoms. The monoisotopic (exact) mass is 390 g/mol. The van der Waals surface area contributed by atoms with Crippen molar-refractivity contribution >= 4 is 5.91 Å². The molecule has 148 valence electrons. The molecular weight excluding hydrogens is 368 g/mol. The lowest BCUT2D eigenvalue weighted by molar-refractivity contribution is -0.129. The fourth-order valence-corrected chi connectivity index (χ4v) is 2.78. The van der Waals surface area contributed by atoms with Crippen LogP contribution >= 0.6 is 0 Å². The number of carbonyl (C=O) groups excluding carboxylic acids is 1. The van der Waals surface area contributed by atoms with Crippen LogP contribution in [0.4, 0.5) is 0 Å². The van der Waals surface area contributed by atoms with E-state index < -0.39 is 0 Å². The van der Waals surface area contributed by atoms with Crippen molar-refractivity contribution in [1.29, 1.82) is 5.26 Å². The topological polar surface area (TPSA) is 92.2 Å². The summed E-state index contributed by atoms with van der Waals surface area (Å²) in [5.74, 6) is 2.48. The van der Waals surface area contributed by atoms with Crippen molar-refractivity contribution in [3.8, 4) is 17.6 Å². The van der Waals surface area contributed by atoms with E-state index in [4.69, 9.17) is 14.5 Å². The van der Waals surface area contributed by atoms with Gasteiger partial charge in [-0.3, -0.25) is 4.79 Å². The average Bonchev–Trinajstić information content (AvgIpc) is 3.13. The van der Waals surface area contributed by atoms with Crippen LogP contribution in [0.5, 0.6) is 11.5 Å². The van der Waals surface area contributed by atoms with Gasteiger partial charge in [0.1, 0.15) is 11.5 Å². The Hall–Kier alpha value is -3.66. The van der Waals surface area contributed by atoms with Gasteiger partial charge < -0.3 is 14.2 Å². The SMILES string of the molecule is Cc1nc(CCN(C)C(=O)Cc2ccc(Oc3ccc(C#N)c(C)c3)cc2)no1. The van der Waals surface area contributed by atoms with Crippen LogP contribution in [0.25, 0.3) is 0 Å².